The first-order chi connectivity index (χ1) is 10.00. The molecule has 21 heavy (non-hydrogen) atoms. The second-order valence-electron chi connectivity index (χ2n) is 6.81. The number of hydrogen-bond acceptors (Lipinski definition) is 3. The van der Waals surface area contributed by atoms with Gasteiger partial charge in [0.2, 0.25) is 0 Å². The lowest BCUT2D eigenvalue weighted by Gasteiger charge is -2.37. The molecule has 0 radical (unpaired) electrons. The van der Waals surface area contributed by atoms with Gasteiger partial charge in [0.05, 0.1) is 17.9 Å². The Bertz CT molecular complexity index is 420. The molecular weight excluding hydrogens is 265 g/mol. The van der Waals surface area contributed by atoms with Crippen LogP contribution in [-0.2, 0) is 0 Å². The Balaban J connectivity index is 1.87. The fourth-order valence-electron chi connectivity index (χ4n) is 2.89. The van der Waals surface area contributed by atoms with Crippen LogP contribution in [0.15, 0.2) is 18.3 Å². The van der Waals surface area contributed by atoms with Crippen molar-refractivity contribution >= 4 is 0 Å². The predicted octanol–water partition coefficient (Wildman–Crippen LogP) is 3.38. The summed E-state index contributed by atoms with van der Waals surface area (Å²) in [6, 6.07) is 3.50. The lowest BCUT2D eigenvalue weighted by atomic mass is 9.82. The molecule has 1 aromatic rings. The van der Waals surface area contributed by atoms with Gasteiger partial charge in [-0.2, -0.15) is 0 Å². The molecule has 1 aromatic heterocycles. The summed E-state index contributed by atoms with van der Waals surface area (Å²) < 4.78 is 13.0. The van der Waals surface area contributed by atoms with Crippen molar-refractivity contribution in [2.24, 2.45) is 5.41 Å². The highest BCUT2D eigenvalue weighted by atomic mass is 19.1. The summed E-state index contributed by atoms with van der Waals surface area (Å²) in [5.74, 6) is -0.271. The van der Waals surface area contributed by atoms with E-state index < -0.39 is 0 Å². The molecule has 0 amide bonds. The molecule has 3 nitrogen and oxygen atoms in total. The van der Waals surface area contributed by atoms with E-state index in [1.54, 1.807) is 6.07 Å². The van der Waals surface area contributed by atoms with Crippen LogP contribution >= 0.6 is 0 Å². The van der Waals surface area contributed by atoms with E-state index in [1.807, 2.05) is 0 Å². The minimum absolute atomic E-state index is 0.213. The number of piperidine rings is 1. The third-order valence-corrected chi connectivity index (χ3v) is 4.50. The van der Waals surface area contributed by atoms with Crippen LogP contribution in [0.25, 0.3) is 0 Å². The molecule has 1 fully saturated rings. The van der Waals surface area contributed by atoms with Crippen molar-refractivity contribution in [2.45, 2.75) is 46.1 Å². The maximum absolute atomic E-state index is 13.0. The number of rotatable bonds is 6. The van der Waals surface area contributed by atoms with E-state index in [0.29, 0.717) is 5.41 Å². The van der Waals surface area contributed by atoms with Crippen molar-refractivity contribution < 1.29 is 4.39 Å². The molecular formula is C17H28FN3. The molecule has 2 rings (SSSR count). The SMILES string of the molecule is CCNC(CCN1CCC(C)(C)CC1)c1ccc(F)cn1. The average Bonchev–Trinajstić information content (AvgIpc) is 2.46. The monoisotopic (exact) mass is 293 g/mol. The van der Waals surface area contributed by atoms with E-state index in [-0.39, 0.29) is 11.9 Å². The molecule has 4 heteroatoms. The maximum Gasteiger partial charge on any atom is 0.141 e. The van der Waals surface area contributed by atoms with Gasteiger partial charge in [-0.3, -0.25) is 4.98 Å². The molecule has 0 spiro atoms. The van der Waals surface area contributed by atoms with Crippen molar-refractivity contribution in [2.75, 3.05) is 26.2 Å². The second kappa shape index (κ2) is 7.32. The minimum atomic E-state index is -0.271. The topological polar surface area (TPSA) is 28.2 Å². The van der Waals surface area contributed by atoms with Gasteiger partial charge in [-0.15, -0.1) is 0 Å². The summed E-state index contributed by atoms with van der Waals surface area (Å²) in [6.45, 7) is 11.2. The smallest absolute Gasteiger partial charge is 0.141 e. The Morgan fingerprint density at radius 3 is 2.62 bits per heavy atom. The van der Waals surface area contributed by atoms with Gasteiger partial charge >= 0.3 is 0 Å². The van der Waals surface area contributed by atoms with E-state index in [2.05, 4.69) is 36.0 Å². The van der Waals surface area contributed by atoms with Crippen LogP contribution < -0.4 is 5.32 Å². The number of pyridine rings is 1. The first-order valence-electron chi connectivity index (χ1n) is 8.07. The van der Waals surface area contributed by atoms with Gasteiger partial charge < -0.3 is 10.2 Å². The molecule has 0 aliphatic carbocycles. The Labute approximate surface area is 127 Å². The summed E-state index contributed by atoms with van der Waals surface area (Å²) in [4.78, 5) is 6.77. The van der Waals surface area contributed by atoms with Gasteiger partial charge in [0.1, 0.15) is 5.82 Å². The number of likely N-dealkylation sites (tertiary alicyclic amines) is 1. The third kappa shape index (κ3) is 5.04. The Kier molecular flexibility index (Phi) is 5.71. The van der Waals surface area contributed by atoms with E-state index in [9.17, 15) is 4.39 Å². The quantitative estimate of drug-likeness (QED) is 0.871. The average molecular weight is 293 g/mol. The number of hydrogen-bond donors (Lipinski definition) is 1. The van der Waals surface area contributed by atoms with Crippen LogP contribution in [0.5, 0.6) is 0 Å². The maximum atomic E-state index is 13.0. The van der Waals surface area contributed by atoms with Crippen LogP contribution in [0.2, 0.25) is 0 Å². The Morgan fingerprint density at radius 2 is 2.05 bits per heavy atom. The molecule has 0 aromatic carbocycles. The van der Waals surface area contributed by atoms with Crippen molar-refractivity contribution in [3.05, 3.63) is 29.8 Å². The zero-order valence-corrected chi connectivity index (χ0v) is 13.5. The predicted molar refractivity (Wildman–Crippen MR) is 84.7 cm³/mol. The van der Waals surface area contributed by atoms with Crippen molar-refractivity contribution in [1.82, 2.24) is 15.2 Å². The zero-order chi connectivity index (χ0) is 15.3. The Morgan fingerprint density at radius 1 is 1.33 bits per heavy atom. The first kappa shape index (κ1) is 16.4. The minimum Gasteiger partial charge on any atom is -0.309 e. The molecule has 1 aliphatic rings. The standard InChI is InChI=1S/C17H28FN3/c1-4-19-16(15-6-5-14(18)13-20-15)7-10-21-11-8-17(2,3)9-12-21/h5-6,13,16,19H,4,7-12H2,1-3H3. The van der Waals surface area contributed by atoms with Crippen LogP contribution in [0.1, 0.15) is 51.8 Å². The van der Waals surface area contributed by atoms with Gasteiger partial charge in [0, 0.05) is 0 Å². The summed E-state index contributed by atoms with van der Waals surface area (Å²) >= 11 is 0. The summed E-state index contributed by atoms with van der Waals surface area (Å²) in [6.07, 6.45) is 4.87. The summed E-state index contributed by atoms with van der Waals surface area (Å²) in [7, 11) is 0. The van der Waals surface area contributed by atoms with Crippen molar-refractivity contribution in [3.8, 4) is 0 Å². The normalized spacial score (nSPS) is 20.4. The number of aromatic nitrogens is 1. The van der Waals surface area contributed by atoms with Crippen molar-refractivity contribution in [3.63, 3.8) is 0 Å². The Hall–Kier alpha value is -1.00. The summed E-state index contributed by atoms with van der Waals surface area (Å²) in [5.41, 5.74) is 1.44. The van der Waals surface area contributed by atoms with Crippen LogP contribution in [0, 0.1) is 11.2 Å². The largest absolute Gasteiger partial charge is 0.309 e. The zero-order valence-electron chi connectivity index (χ0n) is 13.5. The molecule has 1 aliphatic heterocycles. The van der Waals surface area contributed by atoms with Gasteiger partial charge in [-0.1, -0.05) is 20.8 Å². The van der Waals surface area contributed by atoms with E-state index in [4.69, 9.17) is 0 Å². The second-order valence-corrected chi connectivity index (χ2v) is 6.81. The molecule has 1 unspecified atom stereocenters. The molecule has 0 saturated carbocycles. The fourth-order valence-corrected chi connectivity index (χ4v) is 2.89. The summed E-state index contributed by atoms with van der Waals surface area (Å²) in [5, 5.41) is 3.46. The fraction of sp³-hybridized carbons (Fsp3) is 0.706. The van der Waals surface area contributed by atoms with E-state index in [1.165, 1.54) is 38.2 Å². The number of nitrogens with zero attached hydrogens (tertiary/aromatic N) is 2. The van der Waals surface area contributed by atoms with E-state index >= 15 is 0 Å². The van der Waals surface area contributed by atoms with Gasteiger partial charge in [0.15, 0.2) is 0 Å². The number of halogens is 1. The van der Waals surface area contributed by atoms with Gasteiger partial charge in [-0.05, 0) is 63.0 Å². The highest BCUT2D eigenvalue weighted by Gasteiger charge is 2.25. The third-order valence-electron chi connectivity index (χ3n) is 4.50. The molecule has 2 heterocycles. The van der Waals surface area contributed by atoms with Gasteiger partial charge in [0.25, 0.3) is 0 Å². The number of nitrogens with one attached hydrogen (secondary N) is 1. The molecule has 1 saturated heterocycles. The molecule has 118 valence electrons. The lowest BCUT2D eigenvalue weighted by Crippen LogP contribution is -2.39. The molecule has 0 bridgehead atoms. The highest BCUT2D eigenvalue weighted by molar-refractivity contribution is 5.10. The lowest BCUT2D eigenvalue weighted by molar-refractivity contribution is 0.128. The van der Waals surface area contributed by atoms with Crippen molar-refractivity contribution in [1.29, 1.82) is 0 Å². The first-order valence-corrected chi connectivity index (χ1v) is 8.07. The van der Waals surface area contributed by atoms with Gasteiger partial charge in [-0.25, -0.2) is 4.39 Å². The van der Waals surface area contributed by atoms with Crippen LogP contribution in [-0.4, -0.2) is 36.1 Å². The molecule has 1 atom stereocenters. The van der Waals surface area contributed by atoms with Crippen LogP contribution in [0.4, 0.5) is 4.39 Å². The van der Waals surface area contributed by atoms with E-state index in [0.717, 1.165) is 25.2 Å². The van der Waals surface area contributed by atoms with Crippen LogP contribution in [0.3, 0.4) is 0 Å². The molecule has 1 N–H and O–H groups in total. The highest BCUT2D eigenvalue weighted by Crippen LogP contribution is 2.30.